The normalized spacial score (nSPS) is 13.1. The molecule has 0 aromatic rings. The third-order valence-corrected chi connectivity index (χ3v) is 3.12. The Kier molecular flexibility index (Phi) is 12.8. The molecule has 0 fully saturated rings. The molecule has 6 nitrogen and oxygen atoms in total. The molecular formula is C15H33IN4O2. The van der Waals surface area contributed by atoms with E-state index in [1.807, 2.05) is 0 Å². The predicted molar refractivity (Wildman–Crippen MR) is 103 cm³/mol. The summed E-state index contributed by atoms with van der Waals surface area (Å²) in [4.78, 5) is 17.5. The van der Waals surface area contributed by atoms with E-state index >= 15 is 0 Å². The Morgan fingerprint density at radius 1 is 1.27 bits per heavy atom. The molecule has 0 saturated carbocycles. The van der Waals surface area contributed by atoms with Gasteiger partial charge in [-0.25, -0.2) is 4.99 Å². The molecule has 22 heavy (non-hydrogen) atoms. The molecule has 0 aromatic carbocycles. The molecular weight excluding hydrogens is 395 g/mol. The molecule has 1 amide bonds. The lowest BCUT2D eigenvalue weighted by molar-refractivity contribution is -0.127. The number of carbonyl (C=O) groups is 1. The van der Waals surface area contributed by atoms with Gasteiger partial charge in [-0.15, -0.1) is 24.0 Å². The number of halogens is 1. The number of likely N-dealkylation sites (N-methyl/N-ethyl adjacent to an activating group) is 1. The van der Waals surface area contributed by atoms with E-state index in [0.717, 1.165) is 13.0 Å². The van der Waals surface area contributed by atoms with Gasteiger partial charge in [0.15, 0.2) is 5.96 Å². The number of ether oxygens (including phenoxy) is 1. The molecule has 132 valence electrons. The van der Waals surface area contributed by atoms with E-state index in [1.165, 1.54) is 4.90 Å². The van der Waals surface area contributed by atoms with Gasteiger partial charge >= 0.3 is 0 Å². The Labute approximate surface area is 152 Å². The van der Waals surface area contributed by atoms with Crippen LogP contribution in [-0.2, 0) is 9.53 Å². The van der Waals surface area contributed by atoms with Crippen LogP contribution in [0.2, 0.25) is 0 Å². The quantitative estimate of drug-likeness (QED) is 0.368. The maximum atomic E-state index is 11.6. The highest BCUT2D eigenvalue weighted by molar-refractivity contribution is 14.0. The summed E-state index contributed by atoms with van der Waals surface area (Å²) >= 11 is 0. The van der Waals surface area contributed by atoms with Gasteiger partial charge in [0.05, 0.1) is 6.10 Å². The molecule has 0 bridgehead atoms. The first-order valence-electron chi connectivity index (χ1n) is 7.47. The standard InChI is InChI=1S/C15H32N4O2.HI/c1-8-9-16-14(18-11-13(20)19(5)6)17-10-12(21-7)15(2,3)4;/h12H,8-11H2,1-7H3,(H2,16,17,18);1H. The molecule has 0 heterocycles. The van der Waals surface area contributed by atoms with Crippen LogP contribution in [0.4, 0.5) is 0 Å². The summed E-state index contributed by atoms with van der Waals surface area (Å²) in [7, 11) is 5.17. The van der Waals surface area contributed by atoms with Crippen molar-refractivity contribution in [2.24, 2.45) is 10.4 Å². The Bertz CT molecular complexity index is 341. The zero-order chi connectivity index (χ0) is 16.5. The van der Waals surface area contributed by atoms with Crippen molar-refractivity contribution >= 4 is 35.8 Å². The van der Waals surface area contributed by atoms with Gasteiger partial charge in [-0.3, -0.25) is 4.79 Å². The van der Waals surface area contributed by atoms with Gasteiger partial charge in [0.1, 0.15) is 6.54 Å². The maximum Gasteiger partial charge on any atom is 0.243 e. The van der Waals surface area contributed by atoms with E-state index in [2.05, 4.69) is 43.3 Å². The first-order valence-corrected chi connectivity index (χ1v) is 7.47. The molecule has 1 unspecified atom stereocenters. The first kappa shape index (κ1) is 23.7. The van der Waals surface area contributed by atoms with Crippen molar-refractivity contribution in [1.82, 2.24) is 15.5 Å². The second kappa shape index (κ2) is 11.9. The smallest absolute Gasteiger partial charge is 0.243 e. The van der Waals surface area contributed by atoms with Gasteiger partial charge < -0.3 is 20.3 Å². The predicted octanol–water partition coefficient (Wildman–Crippen LogP) is 1.70. The SMILES string of the molecule is CCCNC(=NCC(=O)N(C)C)NCC(OC)C(C)(C)C.I. The largest absolute Gasteiger partial charge is 0.379 e. The highest BCUT2D eigenvalue weighted by atomic mass is 127. The number of carbonyl (C=O) groups excluding carboxylic acids is 1. The molecule has 0 radical (unpaired) electrons. The van der Waals surface area contributed by atoms with E-state index in [0.29, 0.717) is 12.5 Å². The molecule has 0 aromatic heterocycles. The molecule has 0 spiro atoms. The molecule has 7 heteroatoms. The van der Waals surface area contributed by atoms with Crippen LogP contribution >= 0.6 is 24.0 Å². The number of methoxy groups -OCH3 is 1. The van der Waals surface area contributed by atoms with Crippen molar-refractivity contribution in [3.63, 3.8) is 0 Å². The summed E-state index contributed by atoms with van der Waals surface area (Å²) < 4.78 is 5.51. The summed E-state index contributed by atoms with van der Waals surface area (Å²) in [5.74, 6) is 0.630. The second-order valence-corrected chi connectivity index (χ2v) is 6.35. The highest BCUT2D eigenvalue weighted by Crippen LogP contribution is 2.20. The highest BCUT2D eigenvalue weighted by Gasteiger charge is 2.24. The number of rotatable bonds is 7. The fraction of sp³-hybridized carbons (Fsp3) is 0.867. The third kappa shape index (κ3) is 10.2. The van der Waals surface area contributed by atoms with Crippen molar-refractivity contribution in [3.8, 4) is 0 Å². The van der Waals surface area contributed by atoms with Crippen LogP contribution in [0.25, 0.3) is 0 Å². The van der Waals surface area contributed by atoms with E-state index in [1.54, 1.807) is 21.2 Å². The minimum absolute atomic E-state index is 0. The van der Waals surface area contributed by atoms with Gasteiger partial charge in [0.25, 0.3) is 0 Å². The zero-order valence-electron chi connectivity index (χ0n) is 15.0. The Morgan fingerprint density at radius 2 is 1.86 bits per heavy atom. The fourth-order valence-electron chi connectivity index (χ4n) is 1.64. The van der Waals surface area contributed by atoms with Crippen LogP contribution in [0.5, 0.6) is 0 Å². The number of guanidine groups is 1. The summed E-state index contributed by atoms with van der Waals surface area (Å²) in [6.07, 6.45) is 1.06. The van der Waals surface area contributed by atoms with Crippen molar-refractivity contribution in [2.45, 2.75) is 40.2 Å². The van der Waals surface area contributed by atoms with Crippen LogP contribution in [0.3, 0.4) is 0 Å². The van der Waals surface area contributed by atoms with Gasteiger partial charge in [-0.2, -0.15) is 0 Å². The average Bonchev–Trinajstić information content (AvgIpc) is 2.39. The van der Waals surface area contributed by atoms with Crippen molar-refractivity contribution in [3.05, 3.63) is 0 Å². The second-order valence-electron chi connectivity index (χ2n) is 6.35. The number of nitrogens with one attached hydrogen (secondary N) is 2. The first-order chi connectivity index (χ1) is 9.72. The number of hydrogen-bond donors (Lipinski definition) is 2. The van der Waals surface area contributed by atoms with E-state index < -0.39 is 0 Å². The van der Waals surface area contributed by atoms with E-state index in [-0.39, 0.29) is 47.9 Å². The molecule has 2 N–H and O–H groups in total. The zero-order valence-corrected chi connectivity index (χ0v) is 17.4. The van der Waals surface area contributed by atoms with Crippen molar-refractivity contribution in [2.75, 3.05) is 40.8 Å². The Hall–Kier alpha value is -0.570. The molecule has 0 aliphatic heterocycles. The molecule has 0 aliphatic carbocycles. The summed E-state index contributed by atoms with van der Waals surface area (Å²) in [6.45, 7) is 10.1. The van der Waals surface area contributed by atoms with Crippen LogP contribution in [0, 0.1) is 5.41 Å². The summed E-state index contributed by atoms with van der Waals surface area (Å²) in [5.41, 5.74) is 0.0388. The Balaban J connectivity index is 0. The molecule has 1 atom stereocenters. The number of hydrogen-bond acceptors (Lipinski definition) is 3. The number of nitrogens with zero attached hydrogens (tertiary/aromatic N) is 2. The van der Waals surface area contributed by atoms with Crippen LogP contribution in [0.1, 0.15) is 34.1 Å². The topological polar surface area (TPSA) is 66.0 Å². The van der Waals surface area contributed by atoms with Crippen LogP contribution in [-0.4, -0.2) is 63.7 Å². The van der Waals surface area contributed by atoms with Crippen LogP contribution in [0.15, 0.2) is 4.99 Å². The average molecular weight is 428 g/mol. The number of amides is 1. The lowest BCUT2D eigenvalue weighted by Gasteiger charge is -2.30. The molecule has 0 aliphatic rings. The minimum atomic E-state index is -0.0216. The van der Waals surface area contributed by atoms with Gasteiger partial charge in [0, 0.05) is 34.3 Å². The van der Waals surface area contributed by atoms with Gasteiger partial charge in [-0.1, -0.05) is 27.7 Å². The third-order valence-electron chi connectivity index (χ3n) is 3.12. The Morgan fingerprint density at radius 3 is 2.27 bits per heavy atom. The van der Waals surface area contributed by atoms with Crippen molar-refractivity contribution in [1.29, 1.82) is 0 Å². The lowest BCUT2D eigenvalue weighted by Crippen LogP contribution is -2.45. The van der Waals surface area contributed by atoms with E-state index in [4.69, 9.17) is 4.74 Å². The summed E-state index contributed by atoms with van der Waals surface area (Å²) in [6, 6.07) is 0. The van der Waals surface area contributed by atoms with E-state index in [9.17, 15) is 4.79 Å². The van der Waals surface area contributed by atoms with Gasteiger partial charge in [0.2, 0.25) is 5.91 Å². The van der Waals surface area contributed by atoms with Crippen molar-refractivity contribution < 1.29 is 9.53 Å². The maximum absolute atomic E-state index is 11.6. The minimum Gasteiger partial charge on any atom is -0.379 e. The number of aliphatic imine (C=N–C) groups is 1. The van der Waals surface area contributed by atoms with Crippen LogP contribution < -0.4 is 10.6 Å². The molecule has 0 saturated heterocycles. The monoisotopic (exact) mass is 428 g/mol. The summed E-state index contributed by atoms with van der Waals surface area (Å²) in [5, 5.41) is 6.46. The lowest BCUT2D eigenvalue weighted by atomic mass is 9.89. The van der Waals surface area contributed by atoms with Gasteiger partial charge in [-0.05, 0) is 11.8 Å². The molecule has 0 rings (SSSR count). The fourth-order valence-corrected chi connectivity index (χ4v) is 1.64.